The molecule has 0 aromatic heterocycles. The first-order valence-electron chi connectivity index (χ1n) is 8.33. The smallest absolute Gasteiger partial charge is 0.305 e. The summed E-state index contributed by atoms with van der Waals surface area (Å²) >= 11 is 0. The van der Waals surface area contributed by atoms with E-state index in [1.807, 2.05) is 49.4 Å². The fourth-order valence-corrected chi connectivity index (χ4v) is 3.01. The van der Waals surface area contributed by atoms with Crippen LogP contribution >= 0.6 is 0 Å². The van der Waals surface area contributed by atoms with Gasteiger partial charge in [-0.25, -0.2) is 0 Å². The van der Waals surface area contributed by atoms with Crippen molar-refractivity contribution in [3.63, 3.8) is 0 Å². The molecule has 0 radical (unpaired) electrons. The number of ether oxygens (including phenoxy) is 1. The average Bonchev–Trinajstić information content (AvgIpc) is 3.02. The van der Waals surface area contributed by atoms with E-state index in [4.69, 9.17) is 9.84 Å². The van der Waals surface area contributed by atoms with Crippen molar-refractivity contribution >= 4 is 11.9 Å². The number of rotatable bonds is 6. The first-order valence-corrected chi connectivity index (χ1v) is 8.33. The van der Waals surface area contributed by atoms with E-state index in [1.54, 1.807) is 0 Å². The van der Waals surface area contributed by atoms with Crippen molar-refractivity contribution in [3.05, 3.63) is 64.7 Å². The number of hydrogen-bond acceptors (Lipinski definition) is 3. The van der Waals surface area contributed by atoms with Crippen molar-refractivity contribution in [2.24, 2.45) is 0 Å². The largest absolute Gasteiger partial charge is 0.493 e. The third-order valence-corrected chi connectivity index (χ3v) is 4.31. The lowest BCUT2D eigenvalue weighted by molar-refractivity contribution is -0.137. The van der Waals surface area contributed by atoms with E-state index in [1.165, 1.54) is 0 Å². The van der Waals surface area contributed by atoms with Gasteiger partial charge in [0.05, 0.1) is 25.5 Å². The molecule has 2 aromatic rings. The number of aliphatic carboxylic acids is 1. The van der Waals surface area contributed by atoms with Crippen LogP contribution in [0.2, 0.25) is 0 Å². The lowest BCUT2D eigenvalue weighted by Crippen LogP contribution is -2.31. The molecular formula is C20H21NO4. The molecule has 2 aromatic carbocycles. The molecule has 0 fully saturated rings. The maximum atomic E-state index is 12.4. The molecule has 25 heavy (non-hydrogen) atoms. The molecule has 0 spiro atoms. The topological polar surface area (TPSA) is 75.6 Å². The van der Waals surface area contributed by atoms with Crippen LogP contribution in [0.4, 0.5) is 0 Å². The molecule has 5 heteroatoms. The third kappa shape index (κ3) is 4.38. The highest BCUT2D eigenvalue weighted by Gasteiger charge is 2.19. The SMILES string of the molecule is Cc1ccc([C@H](CC(=O)O)NC(=O)Cc2ccc3c(c2)CCO3)cc1. The summed E-state index contributed by atoms with van der Waals surface area (Å²) in [6, 6.07) is 12.8. The minimum absolute atomic E-state index is 0.146. The van der Waals surface area contributed by atoms with Gasteiger partial charge >= 0.3 is 5.97 Å². The van der Waals surface area contributed by atoms with Crippen molar-refractivity contribution in [3.8, 4) is 5.75 Å². The lowest BCUT2D eigenvalue weighted by Gasteiger charge is -2.18. The normalized spacial score (nSPS) is 13.6. The van der Waals surface area contributed by atoms with Gasteiger partial charge in [0.1, 0.15) is 5.75 Å². The molecule has 5 nitrogen and oxygen atoms in total. The van der Waals surface area contributed by atoms with Gasteiger partial charge in [-0.3, -0.25) is 9.59 Å². The van der Waals surface area contributed by atoms with Crippen molar-refractivity contribution in [2.45, 2.75) is 32.2 Å². The van der Waals surface area contributed by atoms with Crippen molar-refractivity contribution in [1.29, 1.82) is 0 Å². The second-order valence-corrected chi connectivity index (χ2v) is 6.35. The summed E-state index contributed by atoms with van der Waals surface area (Å²) in [6.07, 6.45) is 0.928. The zero-order valence-corrected chi connectivity index (χ0v) is 14.1. The summed E-state index contributed by atoms with van der Waals surface area (Å²) in [6.45, 7) is 2.64. The Morgan fingerprint density at radius 2 is 1.96 bits per heavy atom. The summed E-state index contributed by atoms with van der Waals surface area (Å²) in [4.78, 5) is 23.6. The van der Waals surface area contributed by atoms with Crippen molar-refractivity contribution in [1.82, 2.24) is 5.32 Å². The molecule has 0 saturated heterocycles. The fourth-order valence-electron chi connectivity index (χ4n) is 3.01. The summed E-state index contributed by atoms with van der Waals surface area (Å²) in [5.74, 6) is -0.251. The number of carboxylic acids is 1. The second-order valence-electron chi connectivity index (χ2n) is 6.35. The Morgan fingerprint density at radius 1 is 1.20 bits per heavy atom. The number of carboxylic acid groups (broad SMARTS) is 1. The van der Waals surface area contributed by atoms with Crippen LogP contribution in [0.25, 0.3) is 0 Å². The summed E-state index contributed by atoms with van der Waals surface area (Å²) in [5.41, 5.74) is 3.90. The van der Waals surface area contributed by atoms with Crippen LogP contribution < -0.4 is 10.1 Å². The van der Waals surface area contributed by atoms with Crippen LogP contribution in [-0.2, 0) is 22.4 Å². The van der Waals surface area contributed by atoms with Gasteiger partial charge in [-0.2, -0.15) is 0 Å². The average molecular weight is 339 g/mol. The molecule has 0 unspecified atom stereocenters. The molecule has 130 valence electrons. The highest BCUT2D eigenvalue weighted by molar-refractivity contribution is 5.80. The van der Waals surface area contributed by atoms with Crippen molar-refractivity contribution in [2.75, 3.05) is 6.61 Å². The van der Waals surface area contributed by atoms with Gasteiger partial charge < -0.3 is 15.2 Å². The van der Waals surface area contributed by atoms with Gasteiger partial charge in [-0.1, -0.05) is 42.0 Å². The number of benzene rings is 2. The first kappa shape index (κ1) is 17.0. The molecule has 0 saturated carbocycles. The van der Waals surface area contributed by atoms with E-state index in [9.17, 15) is 9.59 Å². The molecule has 1 amide bonds. The molecule has 1 heterocycles. The molecule has 0 bridgehead atoms. The van der Waals surface area contributed by atoms with Gasteiger partial charge in [-0.15, -0.1) is 0 Å². The van der Waals surface area contributed by atoms with Gasteiger partial charge in [0, 0.05) is 6.42 Å². The molecule has 0 aliphatic carbocycles. The van der Waals surface area contributed by atoms with Gasteiger partial charge in [0.25, 0.3) is 0 Å². The zero-order valence-electron chi connectivity index (χ0n) is 14.1. The van der Waals surface area contributed by atoms with Crippen LogP contribution in [0.5, 0.6) is 5.75 Å². The third-order valence-electron chi connectivity index (χ3n) is 4.31. The van der Waals surface area contributed by atoms with E-state index < -0.39 is 12.0 Å². The highest BCUT2D eigenvalue weighted by atomic mass is 16.5. The Hall–Kier alpha value is -2.82. The molecular weight excluding hydrogens is 318 g/mol. The minimum Gasteiger partial charge on any atom is -0.493 e. The molecule has 3 rings (SSSR count). The van der Waals surface area contributed by atoms with Gasteiger partial charge in [0.15, 0.2) is 0 Å². The first-order chi connectivity index (χ1) is 12.0. The summed E-state index contributed by atoms with van der Waals surface area (Å²) in [7, 11) is 0. The molecule has 1 atom stereocenters. The maximum Gasteiger partial charge on any atom is 0.305 e. The van der Waals surface area contributed by atoms with Crippen LogP contribution in [0.3, 0.4) is 0 Å². The summed E-state index contributed by atoms with van der Waals surface area (Å²) in [5, 5.41) is 12.0. The summed E-state index contributed by atoms with van der Waals surface area (Å²) < 4.78 is 5.47. The Morgan fingerprint density at radius 3 is 2.68 bits per heavy atom. The quantitative estimate of drug-likeness (QED) is 0.848. The number of aryl methyl sites for hydroxylation is 1. The zero-order chi connectivity index (χ0) is 17.8. The molecule has 1 aliphatic rings. The van der Waals surface area contributed by atoms with Crippen LogP contribution in [-0.4, -0.2) is 23.6 Å². The molecule has 1 aliphatic heterocycles. The Kier molecular flexibility index (Phi) is 5.03. The number of amides is 1. The predicted molar refractivity (Wildman–Crippen MR) is 93.7 cm³/mol. The van der Waals surface area contributed by atoms with Crippen LogP contribution in [0, 0.1) is 6.92 Å². The molecule has 2 N–H and O–H groups in total. The number of carbonyl (C=O) groups excluding carboxylic acids is 1. The standard InChI is InChI=1S/C20H21NO4/c1-13-2-5-15(6-3-13)17(12-20(23)24)21-19(22)11-14-4-7-18-16(10-14)8-9-25-18/h2-7,10,17H,8-9,11-12H2,1H3,(H,21,22)(H,23,24)/t17-/m0/s1. The Labute approximate surface area is 146 Å². The number of nitrogens with one attached hydrogen (secondary N) is 1. The van der Waals surface area contributed by atoms with Crippen molar-refractivity contribution < 1.29 is 19.4 Å². The van der Waals surface area contributed by atoms with Crippen LogP contribution in [0.1, 0.15) is 34.7 Å². The van der Waals surface area contributed by atoms with Gasteiger partial charge in [-0.05, 0) is 29.7 Å². The number of carbonyl (C=O) groups is 2. The van der Waals surface area contributed by atoms with E-state index in [0.717, 1.165) is 34.4 Å². The van der Waals surface area contributed by atoms with Gasteiger partial charge in [0.2, 0.25) is 5.91 Å². The maximum absolute atomic E-state index is 12.4. The second kappa shape index (κ2) is 7.38. The van der Waals surface area contributed by atoms with E-state index >= 15 is 0 Å². The van der Waals surface area contributed by atoms with E-state index in [0.29, 0.717) is 6.61 Å². The minimum atomic E-state index is -0.944. The Bertz CT molecular complexity index is 783. The Balaban J connectivity index is 1.69. The monoisotopic (exact) mass is 339 g/mol. The van der Waals surface area contributed by atoms with E-state index in [2.05, 4.69) is 5.32 Å². The number of hydrogen-bond donors (Lipinski definition) is 2. The fraction of sp³-hybridized carbons (Fsp3) is 0.300. The highest BCUT2D eigenvalue weighted by Crippen LogP contribution is 2.26. The lowest BCUT2D eigenvalue weighted by atomic mass is 10.0. The van der Waals surface area contributed by atoms with E-state index in [-0.39, 0.29) is 18.7 Å². The number of fused-ring (bicyclic) bond motifs is 1. The predicted octanol–water partition coefficient (Wildman–Crippen LogP) is 2.80. The van der Waals surface area contributed by atoms with Crippen LogP contribution in [0.15, 0.2) is 42.5 Å².